The topological polar surface area (TPSA) is 42.3 Å². The van der Waals surface area contributed by atoms with Crippen LogP contribution in [0.3, 0.4) is 0 Å². The summed E-state index contributed by atoms with van der Waals surface area (Å²) in [5.41, 5.74) is 1.26. The Morgan fingerprint density at radius 3 is 3.10 bits per heavy atom. The minimum absolute atomic E-state index is 0.293. The van der Waals surface area contributed by atoms with Crippen molar-refractivity contribution in [3.8, 4) is 5.75 Å². The molecule has 3 rings (SSSR count). The molecular formula is C16H22N4O. The molecule has 0 saturated heterocycles. The summed E-state index contributed by atoms with van der Waals surface area (Å²) in [4.78, 5) is 6.87. The van der Waals surface area contributed by atoms with Gasteiger partial charge in [0.2, 0.25) is 0 Å². The normalized spacial score (nSPS) is 16.5. The number of likely N-dealkylation sites (N-methyl/N-ethyl adjacent to an activating group) is 1. The quantitative estimate of drug-likeness (QED) is 0.908. The van der Waals surface area contributed by atoms with E-state index in [0.29, 0.717) is 6.04 Å². The molecule has 1 unspecified atom stereocenters. The Labute approximate surface area is 125 Å². The summed E-state index contributed by atoms with van der Waals surface area (Å²) < 4.78 is 7.55. The van der Waals surface area contributed by atoms with E-state index >= 15 is 0 Å². The minimum atomic E-state index is 0.293. The summed E-state index contributed by atoms with van der Waals surface area (Å²) >= 11 is 0. The highest BCUT2D eigenvalue weighted by Gasteiger charge is 2.20. The molecule has 5 nitrogen and oxygen atoms in total. The van der Waals surface area contributed by atoms with Crippen LogP contribution < -0.4 is 10.1 Å². The first-order valence-electron chi connectivity index (χ1n) is 7.33. The van der Waals surface area contributed by atoms with Gasteiger partial charge in [0.1, 0.15) is 11.6 Å². The van der Waals surface area contributed by atoms with Gasteiger partial charge in [0.05, 0.1) is 13.7 Å². The van der Waals surface area contributed by atoms with Crippen molar-refractivity contribution in [2.75, 3.05) is 27.2 Å². The lowest BCUT2D eigenvalue weighted by Crippen LogP contribution is -2.39. The lowest BCUT2D eigenvalue weighted by molar-refractivity contribution is 0.197. The first-order valence-corrected chi connectivity index (χ1v) is 7.33. The van der Waals surface area contributed by atoms with E-state index in [9.17, 15) is 0 Å². The SMILES string of the molecule is CNC(CN1CCn2ccnc2C1)c1cccc(OC)c1. The zero-order valence-electron chi connectivity index (χ0n) is 12.6. The highest BCUT2D eigenvalue weighted by Crippen LogP contribution is 2.21. The largest absolute Gasteiger partial charge is 0.497 e. The molecule has 0 fully saturated rings. The smallest absolute Gasteiger partial charge is 0.122 e. The van der Waals surface area contributed by atoms with Gasteiger partial charge >= 0.3 is 0 Å². The van der Waals surface area contributed by atoms with Gasteiger partial charge in [-0.15, -0.1) is 0 Å². The molecule has 1 aliphatic heterocycles. The summed E-state index contributed by atoms with van der Waals surface area (Å²) in [6, 6.07) is 8.57. The number of benzene rings is 1. The van der Waals surface area contributed by atoms with E-state index in [1.807, 2.05) is 25.4 Å². The molecule has 0 saturated carbocycles. The molecule has 1 aromatic heterocycles. The first-order chi connectivity index (χ1) is 10.3. The average molecular weight is 286 g/mol. The predicted molar refractivity (Wildman–Crippen MR) is 82.3 cm³/mol. The van der Waals surface area contributed by atoms with Crippen LogP contribution >= 0.6 is 0 Å². The van der Waals surface area contributed by atoms with Crippen molar-refractivity contribution in [3.63, 3.8) is 0 Å². The molecule has 0 radical (unpaired) electrons. The van der Waals surface area contributed by atoms with E-state index in [4.69, 9.17) is 4.74 Å². The fraction of sp³-hybridized carbons (Fsp3) is 0.438. The van der Waals surface area contributed by atoms with Crippen molar-refractivity contribution < 1.29 is 4.74 Å². The van der Waals surface area contributed by atoms with Gasteiger partial charge in [-0.2, -0.15) is 0 Å². The third kappa shape index (κ3) is 3.09. The number of imidazole rings is 1. The van der Waals surface area contributed by atoms with Gasteiger partial charge in [-0.1, -0.05) is 12.1 Å². The highest BCUT2D eigenvalue weighted by atomic mass is 16.5. The maximum atomic E-state index is 5.32. The molecule has 0 amide bonds. The summed E-state index contributed by atoms with van der Waals surface area (Å²) in [6.07, 6.45) is 3.95. The van der Waals surface area contributed by atoms with Crippen LogP contribution in [0.25, 0.3) is 0 Å². The van der Waals surface area contributed by atoms with E-state index in [-0.39, 0.29) is 0 Å². The maximum Gasteiger partial charge on any atom is 0.122 e. The van der Waals surface area contributed by atoms with Crippen LogP contribution in [-0.2, 0) is 13.1 Å². The summed E-state index contributed by atoms with van der Waals surface area (Å²) in [6.45, 7) is 3.96. The van der Waals surface area contributed by atoms with Crippen LogP contribution in [0.5, 0.6) is 5.75 Å². The standard InChI is InChI=1S/C16H22N4O/c1-17-15(13-4-3-5-14(10-13)21-2)11-19-8-9-20-7-6-18-16(20)12-19/h3-7,10,15,17H,8-9,11-12H2,1-2H3. The van der Waals surface area contributed by atoms with Crippen LogP contribution in [0.2, 0.25) is 0 Å². The Kier molecular flexibility index (Phi) is 4.22. The number of ether oxygens (including phenoxy) is 1. The Morgan fingerprint density at radius 1 is 1.38 bits per heavy atom. The number of rotatable bonds is 5. The van der Waals surface area contributed by atoms with Crippen LogP contribution in [0, 0.1) is 0 Å². The van der Waals surface area contributed by atoms with Crippen molar-refractivity contribution in [1.29, 1.82) is 0 Å². The van der Waals surface area contributed by atoms with Gasteiger partial charge in [0.25, 0.3) is 0 Å². The van der Waals surface area contributed by atoms with Crippen molar-refractivity contribution in [2.45, 2.75) is 19.1 Å². The molecular weight excluding hydrogens is 264 g/mol. The number of hydrogen-bond acceptors (Lipinski definition) is 4. The van der Waals surface area contributed by atoms with Crippen LogP contribution in [0.4, 0.5) is 0 Å². The number of nitrogens with zero attached hydrogens (tertiary/aromatic N) is 3. The molecule has 2 aromatic rings. The van der Waals surface area contributed by atoms with Crippen molar-refractivity contribution >= 4 is 0 Å². The van der Waals surface area contributed by atoms with Crippen LogP contribution in [0.15, 0.2) is 36.7 Å². The summed E-state index contributed by atoms with van der Waals surface area (Å²) in [5.74, 6) is 2.06. The molecule has 112 valence electrons. The molecule has 1 aliphatic rings. The van der Waals surface area contributed by atoms with Crippen LogP contribution in [-0.4, -0.2) is 41.7 Å². The Morgan fingerprint density at radius 2 is 2.29 bits per heavy atom. The molecule has 0 aliphatic carbocycles. The molecule has 2 heterocycles. The van der Waals surface area contributed by atoms with E-state index in [1.165, 1.54) is 5.56 Å². The van der Waals surface area contributed by atoms with E-state index in [0.717, 1.165) is 37.8 Å². The highest BCUT2D eigenvalue weighted by molar-refractivity contribution is 5.30. The second kappa shape index (κ2) is 6.28. The first kappa shape index (κ1) is 14.1. The fourth-order valence-electron chi connectivity index (χ4n) is 2.86. The average Bonchev–Trinajstić information content (AvgIpc) is 3.00. The third-order valence-electron chi connectivity index (χ3n) is 4.11. The summed E-state index contributed by atoms with van der Waals surface area (Å²) in [7, 11) is 3.72. The predicted octanol–water partition coefficient (Wildman–Crippen LogP) is 1.67. The van der Waals surface area contributed by atoms with Gasteiger partial charge < -0.3 is 14.6 Å². The van der Waals surface area contributed by atoms with Gasteiger partial charge in [-0.3, -0.25) is 4.90 Å². The zero-order valence-corrected chi connectivity index (χ0v) is 12.6. The van der Waals surface area contributed by atoms with Gasteiger partial charge in [-0.25, -0.2) is 4.98 Å². The Balaban J connectivity index is 1.70. The molecule has 1 N–H and O–H groups in total. The number of hydrogen-bond donors (Lipinski definition) is 1. The molecule has 1 atom stereocenters. The lowest BCUT2D eigenvalue weighted by Gasteiger charge is -2.31. The monoisotopic (exact) mass is 286 g/mol. The zero-order chi connectivity index (χ0) is 14.7. The second-order valence-electron chi connectivity index (χ2n) is 5.39. The number of nitrogens with one attached hydrogen (secondary N) is 1. The Hall–Kier alpha value is -1.85. The van der Waals surface area contributed by atoms with Crippen molar-refractivity contribution in [2.24, 2.45) is 0 Å². The number of methoxy groups -OCH3 is 1. The molecule has 0 spiro atoms. The lowest BCUT2D eigenvalue weighted by atomic mass is 10.1. The van der Waals surface area contributed by atoms with Gasteiger partial charge in [-0.05, 0) is 24.7 Å². The van der Waals surface area contributed by atoms with Gasteiger partial charge in [0, 0.05) is 38.1 Å². The van der Waals surface area contributed by atoms with E-state index in [1.54, 1.807) is 7.11 Å². The van der Waals surface area contributed by atoms with E-state index < -0.39 is 0 Å². The number of fused-ring (bicyclic) bond motifs is 1. The molecule has 0 bridgehead atoms. The van der Waals surface area contributed by atoms with Crippen LogP contribution in [0.1, 0.15) is 17.4 Å². The molecule has 1 aromatic carbocycles. The minimum Gasteiger partial charge on any atom is -0.497 e. The maximum absolute atomic E-state index is 5.32. The molecule has 5 heteroatoms. The second-order valence-corrected chi connectivity index (χ2v) is 5.39. The van der Waals surface area contributed by atoms with E-state index in [2.05, 4.69) is 38.1 Å². The Bertz CT molecular complexity index is 595. The number of aromatic nitrogens is 2. The third-order valence-corrected chi connectivity index (χ3v) is 4.11. The van der Waals surface area contributed by atoms with Crippen molar-refractivity contribution in [1.82, 2.24) is 19.8 Å². The van der Waals surface area contributed by atoms with Gasteiger partial charge in [0.15, 0.2) is 0 Å². The van der Waals surface area contributed by atoms with Crippen molar-refractivity contribution in [3.05, 3.63) is 48.0 Å². The molecule has 21 heavy (non-hydrogen) atoms. The fourth-order valence-corrected chi connectivity index (χ4v) is 2.86. The summed E-state index contributed by atoms with van der Waals surface area (Å²) in [5, 5.41) is 3.41.